The minimum Gasteiger partial charge on any atom is -0.351 e. The topological polar surface area (TPSA) is 61.4 Å². The van der Waals surface area contributed by atoms with Crippen LogP contribution in [0.15, 0.2) is 48.5 Å². The predicted octanol–water partition coefficient (Wildman–Crippen LogP) is 3.75. The number of hydrogen-bond acceptors (Lipinski definition) is 3. The number of rotatable bonds is 8. The molecule has 1 heterocycles. The number of amides is 2. The Morgan fingerprint density at radius 1 is 1.03 bits per heavy atom. The summed E-state index contributed by atoms with van der Waals surface area (Å²) in [7, 11) is 0. The first-order valence-electron chi connectivity index (χ1n) is 10.7. The Bertz CT molecular complexity index is 909. The average Bonchev–Trinajstić information content (AvgIpc) is 3.12. The van der Waals surface area contributed by atoms with Gasteiger partial charge in [-0.3, -0.25) is 14.9 Å². The molecule has 1 saturated carbocycles. The Morgan fingerprint density at radius 3 is 2.40 bits per heavy atom. The molecule has 0 unspecified atom stereocenters. The highest BCUT2D eigenvalue weighted by Crippen LogP contribution is 2.41. The first-order chi connectivity index (χ1) is 14.6. The standard InChI is InChI=1S/C24H28ClN3O2/c25-21-10-8-20(9-11-21)24(12-4-13-24)27-16-22(29)26-15-18-5-1-2-6-19(18)17-28-14-3-7-23(28)30/h1-2,5-6,8-11,27H,3-4,7,12-17H2,(H,26,29). The maximum absolute atomic E-state index is 12.5. The lowest BCUT2D eigenvalue weighted by molar-refractivity contribution is -0.128. The van der Waals surface area contributed by atoms with E-state index in [9.17, 15) is 9.59 Å². The SMILES string of the molecule is O=C(CNC1(c2ccc(Cl)cc2)CCC1)NCc1ccccc1CN1CCCC1=O. The molecule has 4 rings (SSSR count). The van der Waals surface area contributed by atoms with Gasteiger partial charge in [0.05, 0.1) is 6.54 Å². The normalized spacial score (nSPS) is 17.6. The van der Waals surface area contributed by atoms with Gasteiger partial charge in [-0.25, -0.2) is 0 Å². The van der Waals surface area contributed by atoms with E-state index in [0.717, 1.165) is 48.4 Å². The van der Waals surface area contributed by atoms with Gasteiger partial charge >= 0.3 is 0 Å². The Hall–Kier alpha value is -2.37. The molecule has 6 heteroatoms. The molecule has 0 aromatic heterocycles. The van der Waals surface area contributed by atoms with Gasteiger partial charge in [-0.05, 0) is 54.5 Å². The largest absolute Gasteiger partial charge is 0.351 e. The number of likely N-dealkylation sites (tertiary alicyclic amines) is 1. The highest BCUT2D eigenvalue weighted by atomic mass is 35.5. The van der Waals surface area contributed by atoms with Gasteiger partial charge in [0, 0.05) is 36.6 Å². The third-order valence-electron chi connectivity index (χ3n) is 6.32. The molecule has 0 radical (unpaired) electrons. The number of nitrogens with zero attached hydrogens (tertiary/aromatic N) is 1. The van der Waals surface area contributed by atoms with E-state index in [4.69, 9.17) is 11.6 Å². The molecule has 1 saturated heterocycles. The van der Waals surface area contributed by atoms with Gasteiger partial charge in [-0.1, -0.05) is 48.0 Å². The minimum atomic E-state index is -0.129. The molecule has 2 aromatic carbocycles. The van der Waals surface area contributed by atoms with Crippen LogP contribution in [0.3, 0.4) is 0 Å². The van der Waals surface area contributed by atoms with Crippen molar-refractivity contribution in [1.82, 2.24) is 15.5 Å². The van der Waals surface area contributed by atoms with Crippen LogP contribution in [0.2, 0.25) is 5.02 Å². The maximum atomic E-state index is 12.5. The first-order valence-corrected chi connectivity index (χ1v) is 11.1. The van der Waals surface area contributed by atoms with Crippen LogP contribution < -0.4 is 10.6 Å². The predicted molar refractivity (Wildman–Crippen MR) is 118 cm³/mol. The second kappa shape index (κ2) is 9.19. The fourth-order valence-corrected chi connectivity index (χ4v) is 4.46. The summed E-state index contributed by atoms with van der Waals surface area (Å²) in [6, 6.07) is 15.9. The fourth-order valence-electron chi connectivity index (χ4n) is 4.33. The van der Waals surface area contributed by atoms with E-state index in [0.29, 0.717) is 19.5 Å². The number of carbonyl (C=O) groups is 2. The lowest BCUT2D eigenvalue weighted by atomic mass is 9.72. The third kappa shape index (κ3) is 4.68. The van der Waals surface area contributed by atoms with Crippen molar-refractivity contribution in [3.05, 3.63) is 70.2 Å². The van der Waals surface area contributed by atoms with E-state index in [1.54, 1.807) is 0 Å². The van der Waals surface area contributed by atoms with Gasteiger partial charge in [0.15, 0.2) is 0 Å². The molecular weight excluding hydrogens is 398 g/mol. The highest BCUT2D eigenvalue weighted by Gasteiger charge is 2.38. The summed E-state index contributed by atoms with van der Waals surface area (Å²) in [5, 5.41) is 7.23. The summed E-state index contributed by atoms with van der Waals surface area (Å²) in [6.07, 6.45) is 4.77. The molecule has 2 aromatic rings. The average molecular weight is 426 g/mol. The van der Waals surface area contributed by atoms with Gasteiger partial charge in [0.2, 0.25) is 11.8 Å². The van der Waals surface area contributed by atoms with Gasteiger partial charge in [0.25, 0.3) is 0 Å². The number of carbonyl (C=O) groups excluding carboxylic acids is 2. The van der Waals surface area contributed by atoms with Crippen LogP contribution in [0.25, 0.3) is 0 Å². The molecule has 30 heavy (non-hydrogen) atoms. The van der Waals surface area contributed by atoms with Crippen LogP contribution in [0, 0.1) is 0 Å². The molecule has 0 spiro atoms. The number of halogens is 1. The van der Waals surface area contributed by atoms with Crippen molar-refractivity contribution in [3.63, 3.8) is 0 Å². The van der Waals surface area contributed by atoms with Crippen molar-refractivity contribution < 1.29 is 9.59 Å². The van der Waals surface area contributed by atoms with Crippen molar-refractivity contribution in [3.8, 4) is 0 Å². The molecule has 2 aliphatic rings. The summed E-state index contributed by atoms with van der Waals surface area (Å²) >= 11 is 6.02. The Morgan fingerprint density at radius 2 is 1.77 bits per heavy atom. The molecule has 2 N–H and O–H groups in total. The molecule has 5 nitrogen and oxygen atoms in total. The number of hydrogen-bond donors (Lipinski definition) is 2. The molecule has 0 atom stereocenters. The van der Waals surface area contributed by atoms with Gasteiger partial charge < -0.3 is 10.2 Å². The lowest BCUT2D eigenvalue weighted by Crippen LogP contribution is -2.51. The van der Waals surface area contributed by atoms with Crippen molar-refractivity contribution >= 4 is 23.4 Å². The summed E-state index contributed by atoms with van der Waals surface area (Å²) in [6.45, 7) is 2.17. The lowest BCUT2D eigenvalue weighted by Gasteiger charge is -2.43. The van der Waals surface area contributed by atoms with Crippen molar-refractivity contribution in [2.45, 2.75) is 50.7 Å². The molecule has 1 aliphatic heterocycles. The number of nitrogens with one attached hydrogen (secondary N) is 2. The summed E-state index contributed by atoms with van der Waals surface area (Å²) in [5.74, 6) is 0.188. The van der Waals surface area contributed by atoms with Gasteiger partial charge in [-0.2, -0.15) is 0 Å². The summed E-state index contributed by atoms with van der Waals surface area (Å²) < 4.78 is 0. The van der Waals surface area contributed by atoms with E-state index in [2.05, 4.69) is 10.6 Å². The molecule has 2 amide bonds. The van der Waals surface area contributed by atoms with Crippen molar-refractivity contribution in [2.75, 3.05) is 13.1 Å². The zero-order chi connectivity index (χ0) is 21.0. The molecule has 0 bridgehead atoms. The quantitative estimate of drug-likeness (QED) is 0.677. The second-order valence-corrected chi connectivity index (χ2v) is 8.70. The van der Waals surface area contributed by atoms with Crippen LogP contribution in [0.5, 0.6) is 0 Å². The summed E-state index contributed by atoms with van der Waals surface area (Å²) in [5.41, 5.74) is 3.21. The molecule has 158 valence electrons. The van der Waals surface area contributed by atoms with Crippen LogP contribution >= 0.6 is 11.6 Å². The second-order valence-electron chi connectivity index (χ2n) is 8.26. The zero-order valence-corrected chi connectivity index (χ0v) is 17.9. The van der Waals surface area contributed by atoms with E-state index in [-0.39, 0.29) is 23.9 Å². The van der Waals surface area contributed by atoms with Crippen molar-refractivity contribution in [1.29, 1.82) is 0 Å². The Labute approximate surface area is 182 Å². The third-order valence-corrected chi connectivity index (χ3v) is 6.57. The highest BCUT2D eigenvalue weighted by molar-refractivity contribution is 6.30. The Balaban J connectivity index is 1.32. The maximum Gasteiger partial charge on any atom is 0.234 e. The van der Waals surface area contributed by atoms with Crippen LogP contribution in [-0.2, 0) is 28.2 Å². The Kier molecular flexibility index (Phi) is 6.40. The van der Waals surface area contributed by atoms with E-state index in [1.807, 2.05) is 53.4 Å². The van der Waals surface area contributed by atoms with E-state index < -0.39 is 0 Å². The molecular formula is C24H28ClN3O2. The first kappa shape index (κ1) is 20.9. The van der Waals surface area contributed by atoms with Gasteiger partial charge in [-0.15, -0.1) is 0 Å². The smallest absolute Gasteiger partial charge is 0.234 e. The number of benzene rings is 2. The van der Waals surface area contributed by atoms with Crippen molar-refractivity contribution in [2.24, 2.45) is 0 Å². The van der Waals surface area contributed by atoms with Gasteiger partial charge in [0.1, 0.15) is 0 Å². The van der Waals surface area contributed by atoms with Crippen LogP contribution in [0.4, 0.5) is 0 Å². The monoisotopic (exact) mass is 425 g/mol. The van der Waals surface area contributed by atoms with Crippen LogP contribution in [0.1, 0.15) is 48.8 Å². The molecule has 2 fully saturated rings. The fraction of sp³-hybridized carbons (Fsp3) is 0.417. The zero-order valence-electron chi connectivity index (χ0n) is 17.1. The van der Waals surface area contributed by atoms with E-state index >= 15 is 0 Å². The van der Waals surface area contributed by atoms with Crippen LogP contribution in [-0.4, -0.2) is 29.8 Å². The summed E-state index contributed by atoms with van der Waals surface area (Å²) in [4.78, 5) is 26.4. The minimum absolute atomic E-state index is 0.0257. The van der Waals surface area contributed by atoms with E-state index in [1.165, 1.54) is 5.56 Å². The molecule has 1 aliphatic carbocycles.